The fourth-order valence-corrected chi connectivity index (χ4v) is 2.47. The highest BCUT2D eigenvalue weighted by Gasteiger charge is 2.23. The third kappa shape index (κ3) is 2.70. The van der Waals surface area contributed by atoms with Crippen molar-refractivity contribution in [1.29, 1.82) is 0 Å². The summed E-state index contributed by atoms with van der Waals surface area (Å²) < 4.78 is 28.8. The van der Waals surface area contributed by atoms with Crippen molar-refractivity contribution in [1.82, 2.24) is 4.98 Å². The number of nitrogen functional groups attached to an aromatic ring is 1. The van der Waals surface area contributed by atoms with Crippen LogP contribution in [0.1, 0.15) is 12.8 Å². The fraction of sp³-hybridized carbons (Fsp3) is 0.500. The molecule has 2 N–H and O–H groups in total. The minimum absolute atomic E-state index is 0.0956. The van der Waals surface area contributed by atoms with Gasteiger partial charge in [0, 0.05) is 6.20 Å². The van der Waals surface area contributed by atoms with Crippen LogP contribution >= 0.6 is 0 Å². The molecule has 1 saturated carbocycles. The average molecular weight is 242 g/mol. The summed E-state index contributed by atoms with van der Waals surface area (Å²) in [5.41, 5.74) is 5.72. The van der Waals surface area contributed by atoms with Crippen molar-refractivity contribution < 1.29 is 13.2 Å². The van der Waals surface area contributed by atoms with E-state index >= 15 is 0 Å². The van der Waals surface area contributed by atoms with Crippen LogP contribution in [0.2, 0.25) is 0 Å². The van der Waals surface area contributed by atoms with E-state index < -0.39 is 9.84 Å². The predicted octanol–water partition coefficient (Wildman–Crippen LogP) is 0.822. The number of nitrogens with zero attached hydrogens (tertiary/aromatic N) is 1. The SMILES string of the molecule is Nc1cnccc1S(=O)(=O)COCC1CC1. The van der Waals surface area contributed by atoms with Gasteiger partial charge in [-0.2, -0.15) is 0 Å². The van der Waals surface area contributed by atoms with Gasteiger partial charge in [-0.25, -0.2) is 8.42 Å². The molecule has 0 bridgehead atoms. The molecular formula is C10H14N2O3S. The standard InChI is InChI=1S/C10H14N2O3S/c11-9-5-12-4-3-10(9)16(13,14)7-15-6-8-1-2-8/h3-5,8H,1-2,6-7,11H2. The smallest absolute Gasteiger partial charge is 0.204 e. The number of hydrogen-bond donors (Lipinski definition) is 1. The number of rotatable bonds is 5. The Morgan fingerprint density at radius 2 is 2.25 bits per heavy atom. The molecule has 0 amide bonds. The molecule has 88 valence electrons. The van der Waals surface area contributed by atoms with Crippen LogP contribution in [0.15, 0.2) is 23.4 Å². The first-order valence-electron chi connectivity index (χ1n) is 5.09. The Labute approximate surface area is 94.5 Å². The number of anilines is 1. The van der Waals surface area contributed by atoms with Crippen molar-refractivity contribution in [2.24, 2.45) is 5.92 Å². The van der Waals surface area contributed by atoms with E-state index in [1.807, 2.05) is 0 Å². The zero-order valence-corrected chi connectivity index (χ0v) is 9.61. The molecule has 0 atom stereocenters. The molecule has 0 aromatic carbocycles. The molecule has 0 radical (unpaired) electrons. The van der Waals surface area contributed by atoms with Gasteiger partial charge in [-0.3, -0.25) is 4.98 Å². The predicted molar refractivity (Wildman–Crippen MR) is 59.4 cm³/mol. The first-order chi connectivity index (χ1) is 7.59. The number of sulfone groups is 1. The molecule has 0 unspecified atom stereocenters. The van der Waals surface area contributed by atoms with Gasteiger partial charge in [0.05, 0.1) is 23.4 Å². The largest absolute Gasteiger partial charge is 0.396 e. The van der Waals surface area contributed by atoms with Gasteiger partial charge in [0.1, 0.15) is 0 Å². The molecule has 5 nitrogen and oxygen atoms in total. The van der Waals surface area contributed by atoms with Crippen LogP contribution in [-0.4, -0.2) is 25.9 Å². The highest BCUT2D eigenvalue weighted by atomic mass is 32.2. The number of pyridine rings is 1. The average Bonchev–Trinajstić information content (AvgIpc) is 3.02. The Morgan fingerprint density at radius 3 is 2.88 bits per heavy atom. The fourth-order valence-electron chi connectivity index (χ4n) is 1.35. The summed E-state index contributed by atoms with van der Waals surface area (Å²) in [6.07, 6.45) is 5.01. The third-order valence-electron chi connectivity index (χ3n) is 2.43. The quantitative estimate of drug-likeness (QED) is 0.826. The zero-order chi connectivity index (χ0) is 11.6. The molecule has 1 aromatic heterocycles. The first kappa shape index (κ1) is 11.3. The number of ether oxygens (including phenoxy) is 1. The number of hydrogen-bond acceptors (Lipinski definition) is 5. The van der Waals surface area contributed by atoms with Crippen LogP contribution in [0.25, 0.3) is 0 Å². The maximum atomic E-state index is 11.8. The first-order valence-corrected chi connectivity index (χ1v) is 6.75. The van der Waals surface area contributed by atoms with E-state index in [2.05, 4.69) is 4.98 Å². The molecule has 1 aliphatic carbocycles. The summed E-state index contributed by atoms with van der Waals surface area (Å²) >= 11 is 0. The summed E-state index contributed by atoms with van der Waals surface area (Å²) in [5, 5.41) is 0. The Kier molecular flexibility index (Phi) is 3.11. The molecule has 6 heteroatoms. The molecule has 2 rings (SSSR count). The lowest BCUT2D eigenvalue weighted by Crippen LogP contribution is -2.13. The Balaban J connectivity index is 2.03. The molecule has 1 heterocycles. The topological polar surface area (TPSA) is 82.3 Å². The van der Waals surface area contributed by atoms with E-state index in [1.165, 1.54) is 18.5 Å². The van der Waals surface area contributed by atoms with Gasteiger partial charge >= 0.3 is 0 Å². The lowest BCUT2D eigenvalue weighted by Gasteiger charge is -2.07. The van der Waals surface area contributed by atoms with Gasteiger partial charge < -0.3 is 10.5 Å². The van der Waals surface area contributed by atoms with E-state index in [9.17, 15) is 8.42 Å². The van der Waals surface area contributed by atoms with Crippen molar-refractivity contribution in [3.05, 3.63) is 18.5 Å². The van der Waals surface area contributed by atoms with Crippen LogP contribution in [0.5, 0.6) is 0 Å². The molecule has 0 spiro atoms. The molecule has 0 aliphatic heterocycles. The van der Waals surface area contributed by atoms with Crippen LogP contribution in [0, 0.1) is 5.92 Å². The lowest BCUT2D eigenvalue weighted by molar-refractivity contribution is 0.165. The highest BCUT2D eigenvalue weighted by molar-refractivity contribution is 7.91. The molecular weight excluding hydrogens is 228 g/mol. The molecule has 16 heavy (non-hydrogen) atoms. The second kappa shape index (κ2) is 4.39. The van der Waals surface area contributed by atoms with Crippen molar-refractivity contribution in [3.8, 4) is 0 Å². The van der Waals surface area contributed by atoms with Crippen molar-refractivity contribution in [2.45, 2.75) is 17.7 Å². The van der Waals surface area contributed by atoms with E-state index in [0.717, 1.165) is 12.8 Å². The number of nitrogens with two attached hydrogens (primary N) is 1. The van der Waals surface area contributed by atoms with E-state index in [4.69, 9.17) is 10.5 Å². The minimum Gasteiger partial charge on any atom is -0.396 e. The Bertz CT molecular complexity index is 469. The monoisotopic (exact) mass is 242 g/mol. The summed E-state index contributed by atoms with van der Waals surface area (Å²) in [6.45, 7) is 0.518. The summed E-state index contributed by atoms with van der Waals surface area (Å²) in [4.78, 5) is 3.84. The second-order valence-electron chi connectivity index (χ2n) is 3.96. The minimum atomic E-state index is -3.45. The van der Waals surface area contributed by atoms with Crippen molar-refractivity contribution in [3.63, 3.8) is 0 Å². The van der Waals surface area contributed by atoms with Gasteiger partial charge in [-0.1, -0.05) is 0 Å². The van der Waals surface area contributed by atoms with Crippen LogP contribution in [-0.2, 0) is 14.6 Å². The van der Waals surface area contributed by atoms with Gasteiger partial charge in [-0.05, 0) is 24.8 Å². The molecule has 1 fully saturated rings. The van der Waals surface area contributed by atoms with Crippen LogP contribution < -0.4 is 5.73 Å². The van der Waals surface area contributed by atoms with E-state index in [0.29, 0.717) is 12.5 Å². The maximum absolute atomic E-state index is 11.8. The Morgan fingerprint density at radius 1 is 1.50 bits per heavy atom. The number of aromatic nitrogens is 1. The Hall–Kier alpha value is -1.14. The summed E-state index contributed by atoms with van der Waals surface area (Å²) in [5.74, 6) is 0.238. The maximum Gasteiger partial charge on any atom is 0.204 e. The highest BCUT2D eigenvalue weighted by Crippen LogP contribution is 2.29. The van der Waals surface area contributed by atoms with Crippen LogP contribution in [0.3, 0.4) is 0 Å². The van der Waals surface area contributed by atoms with Gasteiger partial charge in [-0.15, -0.1) is 0 Å². The summed E-state index contributed by atoms with van der Waals surface area (Å²) in [6, 6.07) is 1.39. The normalized spacial score (nSPS) is 16.2. The van der Waals surface area contributed by atoms with Gasteiger partial charge in [0.15, 0.2) is 5.94 Å². The van der Waals surface area contributed by atoms with Crippen molar-refractivity contribution in [2.75, 3.05) is 18.3 Å². The summed E-state index contributed by atoms with van der Waals surface area (Å²) in [7, 11) is -3.45. The van der Waals surface area contributed by atoms with Crippen molar-refractivity contribution >= 4 is 15.5 Å². The molecule has 1 aliphatic rings. The zero-order valence-electron chi connectivity index (χ0n) is 8.80. The lowest BCUT2D eigenvalue weighted by atomic mass is 10.4. The molecule has 0 saturated heterocycles. The van der Waals surface area contributed by atoms with Gasteiger partial charge in [0.25, 0.3) is 0 Å². The van der Waals surface area contributed by atoms with E-state index in [1.54, 1.807) is 0 Å². The van der Waals surface area contributed by atoms with E-state index in [-0.39, 0.29) is 16.5 Å². The molecule has 1 aromatic rings. The van der Waals surface area contributed by atoms with Crippen LogP contribution in [0.4, 0.5) is 5.69 Å². The third-order valence-corrected chi connectivity index (χ3v) is 3.95. The van der Waals surface area contributed by atoms with Gasteiger partial charge in [0.2, 0.25) is 9.84 Å². The second-order valence-corrected chi connectivity index (χ2v) is 5.87.